The largest absolute Gasteiger partial charge is 0.418 e. The lowest BCUT2D eigenvalue weighted by molar-refractivity contribution is -0.136. The first-order valence-corrected chi connectivity index (χ1v) is 6.76. The molecule has 0 spiro atoms. The normalized spacial score (nSPS) is 12.5. The first-order valence-electron chi connectivity index (χ1n) is 3.99. The third-order valence-electron chi connectivity index (χ3n) is 1.64. The molecule has 0 atom stereocenters. The maximum atomic E-state index is 12.5. The van der Waals surface area contributed by atoms with E-state index in [2.05, 4.69) is 15.9 Å². The van der Waals surface area contributed by atoms with Crippen LogP contribution in [0, 0.1) is 0 Å². The van der Waals surface area contributed by atoms with Crippen molar-refractivity contribution in [1.82, 2.24) is 0 Å². The van der Waals surface area contributed by atoms with E-state index in [1.165, 1.54) is 12.1 Å². The van der Waals surface area contributed by atoms with E-state index in [0.717, 1.165) is 12.1 Å². The lowest BCUT2D eigenvalue weighted by atomic mass is 10.2. The van der Waals surface area contributed by atoms with Gasteiger partial charge in [0.15, 0.2) is 0 Å². The molecule has 0 unspecified atom stereocenters. The SMILES string of the molecule is O=S(=O)(CBr)Nc1ccccc1C(F)(F)F. The summed E-state index contributed by atoms with van der Waals surface area (Å²) in [5, 5.41) is 0. The molecule has 1 N–H and O–H groups in total. The van der Waals surface area contributed by atoms with Gasteiger partial charge in [-0.15, -0.1) is 0 Å². The fourth-order valence-corrected chi connectivity index (χ4v) is 1.93. The summed E-state index contributed by atoms with van der Waals surface area (Å²) in [5.41, 5.74) is -1.49. The van der Waals surface area contributed by atoms with Gasteiger partial charge in [-0.05, 0) is 12.1 Å². The molecule has 0 fully saturated rings. The van der Waals surface area contributed by atoms with Gasteiger partial charge in [-0.3, -0.25) is 4.72 Å². The Labute approximate surface area is 98.8 Å². The van der Waals surface area contributed by atoms with Crippen LogP contribution in [0.25, 0.3) is 0 Å². The molecule has 0 aliphatic heterocycles. The summed E-state index contributed by atoms with van der Waals surface area (Å²) in [7, 11) is -3.79. The Morgan fingerprint density at radius 1 is 1.25 bits per heavy atom. The highest BCUT2D eigenvalue weighted by Gasteiger charge is 2.33. The molecule has 0 amide bonds. The predicted octanol–water partition coefficient (Wildman–Crippen LogP) is 2.80. The molecule has 0 aliphatic carbocycles. The van der Waals surface area contributed by atoms with Gasteiger partial charge in [-0.1, -0.05) is 28.1 Å². The Morgan fingerprint density at radius 2 is 1.81 bits per heavy atom. The van der Waals surface area contributed by atoms with Gasteiger partial charge < -0.3 is 0 Å². The van der Waals surface area contributed by atoms with Gasteiger partial charge in [0, 0.05) is 0 Å². The molecule has 0 heterocycles. The molecule has 90 valence electrons. The third-order valence-corrected chi connectivity index (χ3v) is 4.27. The number of sulfonamides is 1. The van der Waals surface area contributed by atoms with Crippen molar-refractivity contribution in [3.63, 3.8) is 0 Å². The van der Waals surface area contributed by atoms with Crippen LogP contribution in [0.1, 0.15) is 5.56 Å². The maximum absolute atomic E-state index is 12.5. The summed E-state index contributed by atoms with van der Waals surface area (Å²) in [6, 6.07) is 4.38. The molecule has 0 saturated carbocycles. The van der Waals surface area contributed by atoms with Crippen LogP contribution in [0.3, 0.4) is 0 Å². The van der Waals surface area contributed by atoms with E-state index in [9.17, 15) is 21.6 Å². The smallest absolute Gasteiger partial charge is 0.282 e. The molecule has 0 aromatic heterocycles. The average Bonchev–Trinajstić information content (AvgIpc) is 2.16. The second-order valence-corrected chi connectivity index (χ2v) is 5.89. The van der Waals surface area contributed by atoms with Crippen LogP contribution in [0.15, 0.2) is 24.3 Å². The summed E-state index contributed by atoms with van der Waals surface area (Å²) in [5.74, 6) is 0. The van der Waals surface area contributed by atoms with Crippen molar-refractivity contribution in [2.24, 2.45) is 0 Å². The van der Waals surface area contributed by atoms with Crippen molar-refractivity contribution in [2.75, 3.05) is 9.38 Å². The van der Waals surface area contributed by atoms with Crippen LogP contribution in [-0.4, -0.2) is 13.1 Å². The molecule has 0 radical (unpaired) electrons. The Morgan fingerprint density at radius 3 is 2.31 bits per heavy atom. The number of hydrogen-bond donors (Lipinski definition) is 1. The van der Waals surface area contributed by atoms with Crippen LogP contribution in [-0.2, 0) is 16.2 Å². The van der Waals surface area contributed by atoms with Gasteiger partial charge in [-0.25, -0.2) is 8.42 Å². The maximum Gasteiger partial charge on any atom is 0.418 e. The summed E-state index contributed by atoms with van der Waals surface area (Å²) in [4.78, 5) is 0. The first kappa shape index (κ1) is 13.3. The van der Waals surface area contributed by atoms with Crippen molar-refractivity contribution in [3.05, 3.63) is 29.8 Å². The van der Waals surface area contributed by atoms with E-state index in [4.69, 9.17) is 0 Å². The molecule has 0 saturated heterocycles. The zero-order valence-electron chi connectivity index (χ0n) is 7.75. The number of para-hydroxylation sites is 1. The molecule has 1 aromatic rings. The van der Waals surface area contributed by atoms with Crippen LogP contribution >= 0.6 is 15.9 Å². The van der Waals surface area contributed by atoms with Gasteiger partial charge >= 0.3 is 6.18 Å². The number of hydrogen-bond acceptors (Lipinski definition) is 2. The highest BCUT2D eigenvalue weighted by molar-refractivity contribution is 9.10. The van der Waals surface area contributed by atoms with Crippen molar-refractivity contribution in [1.29, 1.82) is 0 Å². The van der Waals surface area contributed by atoms with Crippen LogP contribution in [0.2, 0.25) is 0 Å². The second kappa shape index (κ2) is 4.62. The van der Waals surface area contributed by atoms with Gasteiger partial charge in [0.25, 0.3) is 0 Å². The number of anilines is 1. The Balaban J connectivity index is 3.16. The number of benzene rings is 1. The predicted molar refractivity (Wildman–Crippen MR) is 57.8 cm³/mol. The Hall–Kier alpha value is -0.760. The summed E-state index contributed by atoms with van der Waals surface area (Å²) in [6.45, 7) is 0. The molecule has 0 bridgehead atoms. The number of halogens is 4. The van der Waals surface area contributed by atoms with Crippen molar-refractivity contribution in [3.8, 4) is 0 Å². The molecule has 16 heavy (non-hydrogen) atoms. The van der Waals surface area contributed by atoms with E-state index < -0.39 is 32.1 Å². The summed E-state index contributed by atoms with van der Waals surface area (Å²) in [6.07, 6.45) is -4.59. The average molecular weight is 318 g/mol. The van der Waals surface area contributed by atoms with E-state index in [1.807, 2.05) is 4.72 Å². The zero-order valence-corrected chi connectivity index (χ0v) is 10.2. The summed E-state index contributed by atoms with van der Waals surface area (Å²) >= 11 is 2.67. The molecule has 0 aliphatic rings. The van der Waals surface area contributed by atoms with E-state index in [-0.39, 0.29) is 0 Å². The minimum atomic E-state index is -4.59. The molecular weight excluding hydrogens is 311 g/mol. The standard InChI is InChI=1S/C8H7BrF3NO2S/c9-5-16(14,15)13-7-4-2-1-3-6(7)8(10,11)12/h1-4,13H,5H2. The fourth-order valence-electron chi connectivity index (χ4n) is 1.01. The van der Waals surface area contributed by atoms with Crippen molar-refractivity contribution >= 4 is 31.6 Å². The van der Waals surface area contributed by atoms with Crippen LogP contribution in [0.4, 0.5) is 18.9 Å². The number of alkyl halides is 4. The highest BCUT2D eigenvalue weighted by Crippen LogP contribution is 2.34. The fraction of sp³-hybridized carbons (Fsp3) is 0.250. The highest BCUT2D eigenvalue weighted by atomic mass is 79.9. The molecule has 3 nitrogen and oxygen atoms in total. The Bertz CT molecular complexity index is 472. The first-order chi connectivity index (χ1) is 7.26. The third kappa shape index (κ3) is 3.38. The second-order valence-electron chi connectivity index (χ2n) is 2.87. The topological polar surface area (TPSA) is 46.2 Å². The molecule has 8 heteroatoms. The number of rotatable bonds is 3. The molecular formula is C8H7BrF3NO2S. The van der Waals surface area contributed by atoms with Gasteiger partial charge in [0.1, 0.15) is 4.66 Å². The quantitative estimate of drug-likeness (QED) is 0.871. The minimum Gasteiger partial charge on any atom is -0.282 e. The minimum absolute atomic E-state index is 0.466. The van der Waals surface area contributed by atoms with Crippen molar-refractivity contribution in [2.45, 2.75) is 6.18 Å². The van der Waals surface area contributed by atoms with Crippen molar-refractivity contribution < 1.29 is 21.6 Å². The monoisotopic (exact) mass is 317 g/mol. The molecule has 1 aromatic carbocycles. The summed E-state index contributed by atoms with van der Waals surface area (Å²) < 4.78 is 61.1. The van der Waals surface area contributed by atoms with E-state index in [0.29, 0.717) is 0 Å². The number of nitrogens with one attached hydrogen (secondary N) is 1. The lowest BCUT2D eigenvalue weighted by Gasteiger charge is -2.13. The van der Waals surface area contributed by atoms with Crippen LogP contribution < -0.4 is 4.72 Å². The van der Waals surface area contributed by atoms with Gasteiger partial charge in [0.2, 0.25) is 10.0 Å². The van der Waals surface area contributed by atoms with Crippen LogP contribution in [0.5, 0.6) is 0 Å². The zero-order chi connectivity index (χ0) is 12.4. The van der Waals surface area contributed by atoms with Gasteiger partial charge in [0.05, 0.1) is 11.3 Å². The van der Waals surface area contributed by atoms with Gasteiger partial charge in [-0.2, -0.15) is 13.2 Å². The molecule has 1 rings (SSSR count). The van der Waals surface area contributed by atoms with E-state index in [1.54, 1.807) is 0 Å². The lowest BCUT2D eigenvalue weighted by Crippen LogP contribution is -2.17. The Kier molecular flexibility index (Phi) is 3.84. The van der Waals surface area contributed by atoms with E-state index >= 15 is 0 Å².